The number of likely N-dealkylation sites (N-methyl/N-ethyl adjacent to an activating group) is 1. The van der Waals surface area contributed by atoms with Gasteiger partial charge >= 0.3 is 12.0 Å². The molecule has 1 heterocycles. The molecule has 1 rings (SSSR count). The van der Waals surface area contributed by atoms with E-state index in [0.29, 0.717) is 13.0 Å². The molecule has 0 fully saturated rings. The van der Waals surface area contributed by atoms with Crippen molar-refractivity contribution < 1.29 is 14.7 Å². The smallest absolute Gasteiger partial charge is 0.326 e. The maximum absolute atomic E-state index is 11.9. The Morgan fingerprint density at radius 1 is 1.53 bits per heavy atom. The minimum absolute atomic E-state index is 0.332. The van der Waals surface area contributed by atoms with Gasteiger partial charge in [-0.2, -0.15) is 0 Å². The van der Waals surface area contributed by atoms with E-state index in [1.54, 1.807) is 19.3 Å². The Balaban J connectivity index is 2.60. The van der Waals surface area contributed by atoms with Crippen molar-refractivity contribution in [3.8, 4) is 0 Å². The first kappa shape index (κ1) is 14.9. The lowest BCUT2D eigenvalue weighted by molar-refractivity contribution is -0.141. The number of carbonyl (C=O) groups is 2. The number of carboxylic acid groups (broad SMARTS) is 1. The van der Waals surface area contributed by atoms with Crippen molar-refractivity contribution >= 4 is 12.0 Å². The minimum Gasteiger partial charge on any atom is -0.480 e. The molecule has 0 bridgehead atoms. The molecule has 6 heteroatoms. The second-order valence-electron chi connectivity index (χ2n) is 4.33. The normalized spacial score (nSPS) is 11.7. The molecule has 0 aliphatic rings. The summed E-state index contributed by atoms with van der Waals surface area (Å²) < 4.78 is 0. The summed E-state index contributed by atoms with van der Waals surface area (Å²) in [4.78, 5) is 28.0. The molecule has 1 aromatic heterocycles. The van der Waals surface area contributed by atoms with E-state index in [1.807, 2.05) is 13.0 Å². The fraction of sp³-hybridized carbons (Fsp3) is 0.462. The molecule has 0 saturated heterocycles. The number of amides is 2. The molecular weight excluding hydrogens is 246 g/mol. The first-order valence-electron chi connectivity index (χ1n) is 6.10. The predicted molar refractivity (Wildman–Crippen MR) is 70.7 cm³/mol. The number of carbonyl (C=O) groups excluding carboxylic acids is 1. The molecule has 0 saturated carbocycles. The Labute approximate surface area is 112 Å². The second-order valence-corrected chi connectivity index (χ2v) is 4.33. The molecule has 1 atom stereocenters. The van der Waals surface area contributed by atoms with Gasteiger partial charge in [0.05, 0.1) is 0 Å². The lowest BCUT2D eigenvalue weighted by Crippen LogP contribution is -2.46. The van der Waals surface area contributed by atoms with Gasteiger partial charge < -0.3 is 15.3 Å². The molecule has 0 radical (unpaired) electrons. The number of nitrogens with one attached hydrogen (secondary N) is 1. The molecule has 1 unspecified atom stereocenters. The van der Waals surface area contributed by atoms with Crippen LogP contribution in [0.25, 0.3) is 0 Å². The van der Waals surface area contributed by atoms with Gasteiger partial charge in [0, 0.05) is 26.0 Å². The molecule has 2 N–H and O–H groups in total. The van der Waals surface area contributed by atoms with Crippen molar-refractivity contribution in [2.75, 3.05) is 7.05 Å². The Kier molecular flexibility index (Phi) is 5.29. The van der Waals surface area contributed by atoms with E-state index in [2.05, 4.69) is 10.3 Å². The summed E-state index contributed by atoms with van der Waals surface area (Å²) >= 11 is 0. The van der Waals surface area contributed by atoms with E-state index in [-0.39, 0.29) is 0 Å². The summed E-state index contributed by atoms with van der Waals surface area (Å²) in [6.07, 6.45) is 3.74. The summed E-state index contributed by atoms with van der Waals surface area (Å²) in [5, 5.41) is 11.7. The fourth-order valence-corrected chi connectivity index (χ4v) is 1.73. The second kappa shape index (κ2) is 6.72. The first-order chi connectivity index (χ1) is 8.97. The van der Waals surface area contributed by atoms with Gasteiger partial charge in [-0.1, -0.05) is 6.92 Å². The average molecular weight is 265 g/mol. The van der Waals surface area contributed by atoms with E-state index < -0.39 is 18.0 Å². The lowest BCUT2D eigenvalue weighted by Gasteiger charge is -2.24. The number of hydrogen-bond donors (Lipinski definition) is 2. The quantitative estimate of drug-likeness (QED) is 0.843. The van der Waals surface area contributed by atoms with Gasteiger partial charge in [0.25, 0.3) is 0 Å². The van der Waals surface area contributed by atoms with Crippen LogP contribution in [0.1, 0.15) is 24.5 Å². The van der Waals surface area contributed by atoms with Gasteiger partial charge in [0.1, 0.15) is 6.04 Å². The van der Waals surface area contributed by atoms with Gasteiger partial charge in [0.2, 0.25) is 0 Å². The molecule has 6 nitrogen and oxygen atoms in total. The third-order valence-corrected chi connectivity index (χ3v) is 3.04. The van der Waals surface area contributed by atoms with Crippen LogP contribution < -0.4 is 5.32 Å². The van der Waals surface area contributed by atoms with Crippen molar-refractivity contribution in [1.82, 2.24) is 15.2 Å². The molecule has 0 aromatic carbocycles. The van der Waals surface area contributed by atoms with E-state index in [0.717, 1.165) is 11.1 Å². The maximum Gasteiger partial charge on any atom is 0.326 e. The molecule has 0 aliphatic carbocycles. The van der Waals surface area contributed by atoms with Crippen LogP contribution in [0, 0.1) is 6.92 Å². The highest BCUT2D eigenvalue weighted by molar-refractivity contribution is 5.82. The highest BCUT2D eigenvalue weighted by Gasteiger charge is 2.24. The number of carboxylic acids is 1. The van der Waals surface area contributed by atoms with Gasteiger partial charge in [-0.05, 0) is 30.5 Å². The standard InChI is InChI=1S/C13H19N3O3/c1-4-11(12(17)18)16(3)13(19)15-8-10-7-14-6-5-9(10)2/h5-7,11H,4,8H2,1-3H3,(H,15,19)(H,17,18). The van der Waals surface area contributed by atoms with Crippen molar-refractivity contribution in [3.05, 3.63) is 29.6 Å². The van der Waals surface area contributed by atoms with Crippen LogP contribution in [-0.4, -0.2) is 40.1 Å². The highest BCUT2D eigenvalue weighted by atomic mass is 16.4. The third kappa shape index (κ3) is 3.94. The van der Waals surface area contributed by atoms with Crippen molar-refractivity contribution in [2.24, 2.45) is 0 Å². The van der Waals surface area contributed by atoms with Crippen LogP contribution >= 0.6 is 0 Å². The summed E-state index contributed by atoms with van der Waals surface area (Å²) in [5.74, 6) is -1.00. The fourth-order valence-electron chi connectivity index (χ4n) is 1.73. The van der Waals surface area contributed by atoms with E-state index in [9.17, 15) is 9.59 Å². The number of rotatable bonds is 5. The van der Waals surface area contributed by atoms with Gasteiger partial charge in [-0.25, -0.2) is 9.59 Å². The van der Waals surface area contributed by atoms with Crippen LogP contribution in [-0.2, 0) is 11.3 Å². The minimum atomic E-state index is -1.00. The van der Waals surface area contributed by atoms with Crippen LogP contribution in [0.4, 0.5) is 4.79 Å². The van der Waals surface area contributed by atoms with Gasteiger partial charge in [0.15, 0.2) is 0 Å². The molecule has 2 amide bonds. The average Bonchev–Trinajstić information content (AvgIpc) is 2.37. The molecule has 104 valence electrons. The molecule has 19 heavy (non-hydrogen) atoms. The Morgan fingerprint density at radius 2 is 2.21 bits per heavy atom. The molecule has 0 spiro atoms. The number of nitrogens with zero attached hydrogens (tertiary/aromatic N) is 2. The van der Waals surface area contributed by atoms with Gasteiger partial charge in [-0.15, -0.1) is 0 Å². The predicted octanol–water partition coefficient (Wildman–Crippen LogP) is 1.39. The summed E-state index contributed by atoms with van der Waals surface area (Å²) in [6.45, 7) is 3.99. The number of urea groups is 1. The van der Waals surface area contributed by atoms with Gasteiger partial charge in [-0.3, -0.25) is 4.98 Å². The van der Waals surface area contributed by atoms with E-state index in [4.69, 9.17) is 5.11 Å². The Hall–Kier alpha value is -2.11. The molecule has 0 aliphatic heterocycles. The van der Waals surface area contributed by atoms with E-state index >= 15 is 0 Å². The maximum atomic E-state index is 11.9. The zero-order valence-electron chi connectivity index (χ0n) is 11.4. The highest BCUT2D eigenvalue weighted by Crippen LogP contribution is 2.06. The Bertz CT molecular complexity index is 462. The largest absolute Gasteiger partial charge is 0.480 e. The topological polar surface area (TPSA) is 82.5 Å². The van der Waals surface area contributed by atoms with Crippen LogP contribution in [0.5, 0.6) is 0 Å². The third-order valence-electron chi connectivity index (χ3n) is 3.04. The van der Waals surface area contributed by atoms with Crippen LogP contribution in [0.3, 0.4) is 0 Å². The number of aliphatic carboxylic acids is 1. The van der Waals surface area contributed by atoms with Crippen molar-refractivity contribution in [1.29, 1.82) is 0 Å². The zero-order valence-corrected chi connectivity index (χ0v) is 11.4. The summed E-state index contributed by atoms with van der Waals surface area (Å²) in [6, 6.07) is 0.643. The molecular formula is C13H19N3O3. The number of aryl methyl sites for hydroxylation is 1. The van der Waals surface area contributed by atoms with Crippen molar-refractivity contribution in [3.63, 3.8) is 0 Å². The summed E-state index contributed by atoms with van der Waals surface area (Å²) in [5.41, 5.74) is 1.94. The van der Waals surface area contributed by atoms with Crippen LogP contribution in [0.2, 0.25) is 0 Å². The number of hydrogen-bond acceptors (Lipinski definition) is 3. The SMILES string of the molecule is CCC(C(=O)O)N(C)C(=O)NCc1cnccc1C. The lowest BCUT2D eigenvalue weighted by atomic mass is 10.1. The molecule has 1 aromatic rings. The number of aromatic nitrogens is 1. The van der Waals surface area contributed by atoms with Crippen molar-refractivity contribution in [2.45, 2.75) is 32.9 Å². The van der Waals surface area contributed by atoms with E-state index in [1.165, 1.54) is 11.9 Å². The van der Waals surface area contributed by atoms with Crippen LogP contribution in [0.15, 0.2) is 18.5 Å². The zero-order chi connectivity index (χ0) is 14.4. The first-order valence-corrected chi connectivity index (χ1v) is 6.10. The number of pyridine rings is 1. The monoisotopic (exact) mass is 265 g/mol. The summed E-state index contributed by atoms with van der Waals surface area (Å²) in [7, 11) is 1.48. The Morgan fingerprint density at radius 3 is 2.74 bits per heavy atom.